The van der Waals surface area contributed by atoms with Crippen molar-refractivity contribution in [1.82, 2.24) is 10.2 Å². The van der Waals surface area contributed by atoms with E-state index in [1.54, 1.807) is 0 Å². The lowest BCUT2D eigenvalue weighted by Gasteiger charge is -2.28. The van der Waals surface area contributed by atoms with Crippen molar-refractivity contribution in [2.75, 3.05) is 32.8 Å². The van der Waals surface area contributed by atoms with Crippen LogP contribution in [0.5, 0.6) is 0 Å². The van der Waals surface area contributed by atoms with Crippen molar-refractivity contribution in [3.63, 3.8) is 0 Å². The first-order valence-corrected chi connectivity index (χ1v) is 7.40. The zero-order chi connectivity index (χ0) is 13.2. The van der Waals surface area contributed by atoms with Gasteiger partial charge in [0.1, 0.15) is 6.04 Å². The van der Waals surface area contributed by atoms with E-state index in [1.165, 1.54) is 32.4 Å². The number of carbonyl (C=O) groups is 1. The molecule has 106 valence electrons. The summed E-state index contributed by atoms with van der Waals surface area (Å²) in [5.41, 5.74) is 0. The average Bonchev–Trinajstić information content (AvgIpc) is 2.40. The van der Waals surface area contributed by atoms with E-state index in [0.29, 0.717) is 6.61 Å². The summed E-state index contributed by atoms with van der Waals surface area (Å²) in [6.45, 7) is 8.68. The lowest BCUT2D eigenvalue weighted by atomic mass is 10.1. The molecule has 0 aliphatic carbocycles. The highest BCUT2D eigenvalue weighted by molar-refractivity contribution is 5.75. The third kappa shape index (κ3) is 5.83. The van der Waals surface area contributed by atoms with Gasteiger partial charge in [-0.15, -0.1) is 0 Å². The number of ether oxygens (including phenoxy) is 1. The summed E-state index contributed by atoms with van der Waals surface area (Å²) in [7, 11) is 0. The summed E-state index contributed by atoms with van der Waals surface area (Å²) >= 11 is 0. The first-order valence-electron chi connectivity index (χ1n) is 7.40. The predicted octanol–water partition coefficient (Wildman–Crippen LogP) is 1.79. The topological polar surface area (TPSA) is 41.6 Å². The van der Waals surface area contributed by atoms with Crippen LogP contribution in [0.4, 0.5) is 0 Å². The summed E-state index contributed by atoms with van der Waals surface area (Å²) in [6, 6.07) is -0.133. The number of hydrogen-bond donors (Lipinski definition) is 1. The van der Waals surface area contributed by atoms with Gasteiger partial charge in [-0.25, -0.2) is 0 Å². The third-order valence-corrected chi connectivity index (χ3v) is 3.39. The molecule has 0 aromatic heterocycles. The van der Waals surface area contributed by atoms with Gasteiger partial charge in [-0.2, -0.15) is 0 Å². The van der Waals surface area contributed by atoms with Gasteiger partial charge in [-0.05, 0) is 52.2 Å². The van der Waals surface area contributed by atoms with Gasteiger partial charge in [0.25, 0.3) is 0 Å². The number of nitrogens with zero attached hydrogens (tertiary/aromatic N) is 1. The molecule has 18 heavy (non-hydrogen) atoms. The van der Waals surface area contributed by atoms with E-state index in [2.05, 4.69) is 17.1 Å². The molecule has 0 radical (unpaired) electrons. The zero-order valence-corrected chi connectivity index (χ0v) is 11.9. The molecule has 1 aliphatic rings. The standard InChI is InChI=1S/C14H28N2O2/c1-3-9-15-13(14(17)18-4-2)8-12-16-10-6-5-7-11-16/h13,15H,3-12H2,1-2H3. The number of carbonyl (C=O) groups excluding carboxylic acids is 1. The van der Waals surface area contributed by atoms with Crippen molar-refractivity contribution in [1.29, 1.82) is 0 Å². The second-order valence-electron chi connectivity index (χ2n) is 4.95. The lowest BCUT2D eigenvalue weighted by molar-refractivity contribution is -0.145. The second kappa shape index (κ2) is 9.34. The first kappa shape index (κ1) is 15.4. The highest BCUT2D eigenvalue weighted by Crippen LogP contribution is 2.10. The molecule has 1 atom stereocenters. The molecule has 1 saturated heterocycles. The van der Waals surface area contributed by atoms with Crippen molar-refractivity contribution < 1.29 is 9.53 Å². The Kier molecular flexibility index (Phi) is 8.01. The van der Waals surface area contributed by atoms with Crippen molar-refractivity contribution in [3.05, 3.63) is 0 Å². The van der Waals surface area contributed by atoms with Crippen LogP contribution in [0.3, 0.4) is 0 Å². The number of nitrogens with one attached hydrogen (secondary N) is 1. The minimum Gasteiger partial charge on any atom is -0.465 e. The van der Waals surface area contributed by atoms with Gasteiger partial charge in [0.2, 0.25) is 0 Å². The van der Waals surface area contributed by atoms with Crippen LogP contribution in [-0.2, 0) is 9.53 Å². The summed E-state index contributed by atoms with van der Waals surface area (Å²) in [6.07, 6.45) is 5.85. The average molecular weight is 256 g/mol. The summed E-state index contributed by atoms with van der Waals surface area (Å²) in [5.74, 6) is -0.0945. The normalized spacial score (nSPS) is 18.6. The van der Waals surface area contributed by atoms with Crippen molar-refractivity contribution in [2.24, 2.45) is 0 Å². The summed E-state index contributed by atoms with van der Waals surface area (Å²) in [4.78, 5) is 14.3. The molecule has 1 unspecified atom stereocenters. The Balaban J connectivity index is 2.31. The molecular formula is C14H28N2O2. The monoisotopic (exact) mass is 256 g/mol. The van der Waals surface area contributed by atoms with Gasteiger partial charge in [0.05, 0.1) is 6.61 Å². The highest BCUT2D eigenvalue weighted by Gasteiger charge is 2.20. The van der Waals surface area contributed by atoms with Crippen molar-refractivity contribution >= 4 is 5.97 Å². The molecule has 0 amide bonds. The Labute approximate surface area is 111 Å². The number of piperidine rings is 1. The maximum Gasteiger partial charge on any atom is 0.323 e. The van der Waals surface area contributed by atoms with Gasteiger partial charge >= 0.3 is 5.97 Å². The molecule has 4 nitrogen and oxygen atoms in total. The van der Waals surface area contributed by atoms with Crippen LogP contribution in [0, 0.1) is 0 Å². The van der Waals surface area contributed by atoms with Gasteiger partial charge in [0.15, 0.2) is 0 Å². The summed E-state index contributed by atoms with van der Waals surface area (Å²) in [5, 5.41) is 3.29. The highest BCUT2D eigenvalue weighted by atomic mass is 16.5. The van der Waals surface area contributed by atoms with Crippen LogP contribution >= 0.6 is 0 Å². The van der Waals surface area contributed by atoms with Crippen LogP contribution in [0.15, 0.2) is 0 Å². The van der Waals surface area contributed by atoms with Gasteiger partial charge in [-0.1, -0.05) is 13.3 Å². The van der Waals surface area contributed by atoms with Crippen LogP contribution in [0.1, 0.15) is 46.0 Å². The molecular weight excluding hydrogens is 228 g/mol. The minimum absolute atomic E-state index is 0.0945. The number of esters is 1. The predicted molar refractivity (Wildman–Crippen MR) is 73.6 cm³/mol. The molecule has 0 aromatic rings. The van der Waals surface area contributed by atoms with E-state index in [-0.39, 0.29) is 12.0 Å². The SMILES string of the molecule is CCCNC(CCN1CCCCC1)C(=O)OCC. The van der Waals surface area contributed by atoms with Crippen LogP contribution in [0.2, 0.25) is 0 Å². The Bertz CT molecular complexity index is 228. The molecule has 0 aromatic carbocycles. The second-order valence-corrected chi connectivity index (χ2v) is 4.95. The molecule has 1 fully saturated rings. The Hall–Kier alpha value is -0.610. The number of hydrogen-bond acceptors (Lipinski definition) is 4. The molecule has 1 heterocycles. The molecule has 0 spiro atoms. The van der Waals surface area contributed by atoms with E-state index >= 15 is 0 Å². The fourth-order valence-electron chi connectivity index (χ4n) is 2.36. The van der Waals surface area contributed by atoms with Gasteiger partial charge < -0.3 is 15.0 Å². The lowest BCUT2D eigenvalue weighted by Crippen LogP contribution is -2.42. The van der Waals surface area contributed by atoms with Gasteiger partial charge in [0, 0.05) is 6.54 Å². The van der Waals surface area contributed by atoms with E-state index < -0.39 is 0 Å². The molecule has 1 N–H and O–H groups in total. The molecule has 0 saturated carbocycles. The maximum absolute atomic E-state index is 11.8. The number of rotatable bonds is 8. The number of likely N-dealkylation sites (tertiary alicyclic amines) is 1. The Morgan fingerprint density at radius 3 is 2.61 bits per heavy atom. The van der Waals surface area contributed by atoms with Crippen LogP contribution in [-0.4, -0.2) is 49.7 Å². The smallest absolute Gasteiger partial charge is 0.323 e. The minimum atomic E-state index is -0.133. The van der Waals surface area contributed by atoms with Crippen LogP contribution in [0.25, 0.3) is 0 Å². The molecule has 1 aliphatic heterocycles. The van der Waals surface area contributed by atoms with E-state index in [4.69, 9.17) is 4.74 Å². The fourth-order valence-corrected chi connectivity index (χ4v) is 2.36. The molecule has 0 bridgehead atoms. The van der Waals surface area contributed by atoms with E-state index in [0.717, 1.165) is 25.9 Å². The Morgan fingerprint density at radius 2 is 2.00 bits per heavy atom. The largest absolute Gasteiger partial charge is 0.465 e. The Morgan fingerprint density at radius 1 is 1.28 bits per heavy atom. The maximum atomic E-state index is 11.8. The summed E-state index contributed by atoms with van der Waals surface area (Å²) < 4.78 is 5.12. The molecule has 1 rings (SSSR count). The van der Waals surface area contributed by atoms with Crippen molar-refractivity contribution in [2.45, 2.75) is 52.0 Å². The zero-order valence-electron chi connectivity index (χ0n) is 11.9. The van der Waals surface area contributed by atoms with Crippen molar-refractivity contribution in [3.8, 4) is 0 Å². The fraction of sp³-hybridized carbons (Fsp3) is 0.929. The van der Waals surface area contributed by atoms with E-state index in [1.807, 2.05) is 6.92 Å². The third-order valence-electron chi connectivity index (χ3n) is 3.39. The van der Waals surface area contributed by atoms with E-state index in [9.17, 15) is 4.79 Å². The van der Waals surface area contributed by atoms with Crippen LogP contribution < -0.4 is 5.32 Å². The molecule has 4 heteroatoms. The first-order chi connectivity index (χ1) is 8.77. The van der Waals surface area contributed by atoms with Gasteiger partial charge in [-0.3, -0.25) is 4.79 Å². The quantitative estimate of drug-likeness (QED) is 0.672.